The van der Waals surface area contributed by atoms with Crippen molar-refractivity contribution in [2.24, 2.45) is 0 Å². The summed E-state index contributed by atoms with van der Waals surface area (Å²) in [6.45, 7) is 2.07. The Morgan fingerprint density at radius 1 is 1.27 bits per heavy atom. The predicted octanol–water partition coefficient (Wildman–Crippen LogP) is 1.88. The quantitative estimate of drug-likeness (QED) is 0.834. The Kier molecular flexibility index (Phi) is 5.36. The molecule has 0 aliphatic carbocycles. The summed E-state index contributed by atoms with van der Waals surface area (Å²) in [5.41, 5.74) is 6.35. The van der Waals surface area contributed by atoms with E-state index in [4.69, 9.17) is 10.5 Å². The van der Waals surface area contributed by atoms with Gasteiger partial charge in [0.15, 0.2) is 11.6 Å². The van der Waals surface area contributed by atoms with E-state index < -0.39 is 5.82 Å². The molecule has 0 amide bonds. The van der Waals surface area contributed by atoms with E-state index in [1.165, 1.54) is 19.2 Å². The van der Waals surface area contributed by atoms with Crippen LogP contribution in [-0.2, 0) is 0 Å². The van der Waals surface area contributed by atoms with Crippen molar-refractivity contribution in [1.29, 1.82) is 0 Å². The molecule has 3 rings (SSSR count). The fraction of sp³-hybridized carbons (Fsp3) is 0.471. The molecule has 1 aliphatic heterocycles. The second kappa shape index (κ2) is 7.69. The van der Waals surface area contributed by atoms with Crippen molar-refractivity contribution in [1.82, 2.24) is 19.9 Å². The molecule has 0 unspecified atom stereocenters. The van der Waals surface area contributed by atoms with Crippen LogP contribution in [0.2, 0.25) is 0 Å². The van der Waals surface area contributed by atoms with Crippen LogP contribution < -0.4 is 20.7 Å². The Labute approximate surface area is 152 Å². The molecule has 3 N–H and O–H groups in total. The summed E-state index contributed by atoms with van der Waals surface area (Å²) in [5, 5.41) is 2.97. The Balaban J connectivity index is 1.78. The second-order valence-corrected chi connectivity index (χ2v) is 6.44. The number of halogens is 1. The minimum absolute atomic E-state index is 0.117. The molecule has 1 saturated heterocycles. The molecule has 1 aromatic heterocycles. The standard InChI is InChI=1S/C17H24FN7O/c1-24-8-6-12(7-9-24)25(2)17-22-15(19)21-16(23-17)20-11-4-5-14(26-3)13(18)10-11/h4-5,10,12H,6-9H2,1-3H3,(H3,19,20,21,22,23). The highest BCUT2D eigenvalue weighted by Gasteiger charge is 2.23. The fourth-order valence-corrected chi connectivity index (χ4v) is 3.01. The van der Waals surface area contributed by atoms with Crippen molar-refractivity contribution >= 4 is 23.5 Å². The fourth-order valence-electron chi connectivity index (χ4n) is 3.01. The van der Waals surface area contributed by atoms with Crippen molar-refractivity contribution in [3.05, 3.63) is 24.0 Å². The summed E-state index contributed by atoms with van der Waals surface area (Å²) < 4.78 is 18.8. The lowest BCUT2D eigenvalue weighted by Crippen LogP contribution is -2.42. The van der Waals surface area contributed by atoms with Gasteiger partial charge in [0.05, 0.1) is 7.11 Å². The van der Waals surface area contributed by atoms with E-state index in [0.717, 1.165) is 25.9 Å². The molecule has 2 aromatic rings. The van der Waals surface area contributed by atoms with Crippen LogP contribution in [0.3, 0.4) is 0 Å². The number of nitrogens with one attached hydrogen (secondary N) is 1. The van der Waals surface area contributed by atoms with Crippen molar-refractivity contribution in [3.63, 3.8) is 0 Å². The number of hydrogen-bond acceptors (Lipinski definition) is 8. The number of nitrogen functional groups attached to an aromatic ring is 1. The summed E-state index contributed by atoms with van der Waals surface area (Å²) in [4.78, 5) is 17.1. The molecule has 0 bridgehead atoms. The third-order valence-corrected chi connectivity index (χ3v) is 4.60. The maximum Gasteiger partial charge on any atom is 0.233 e. The number of nitrogens with zero attached hydrogens (tertiary/aromatic N) is 5. The number of nitrogens with two attached hydrogens (primary N) is 1. The van der Waals surface area contributed by atoms with Gasteiger partial charge in [-0.15, -0.1) is 0 Å². The molecule has 1 fully saturated rings. The molecular weight excluding hydrogens is 337 g/mol. The van der Waals surface area contributed by atoms with Gasteiger partial charge in [0, 0.05) is 24.8 Å². The number of hydrogen-bond donors (Lipinski definition) is 2. The smallest absolute Gasteiger partial charge is 0.233 e. The molecule has 140 valence electrons. The number of methoxy groups -OCH3 is 1. The first-order chi connectivity index (χ1) is 12.5. The molecule has 1 aromatic carbocycles. The van der Waals surface area contributed by atoms with E-state index in [1.54, 1.807) is 6.07 Å². The molecule has 2 heterocycles. The van der Waals surface area contributed by atoms with Crippen LogP contribution in [0.15, 0.2) is 18.2 Å². The van der Waals surface area contributed by atoms with Gasteiger partial charge in [-0.3, -0.25) is 0 Å². The van der Waals surface area contributed by atoms with Crippen LogP contribution in [0.5, 0.6) is 5.75 Å². The largest absolute Gasteiger partial charge is 0.494 e. The zero-order valence-corrected chi connectivity index (χ0v) is 15.2. The van der Waals surface area contributed by atoms with Crippen molar-refractivity contribution in [2.45, 2.75) is 18.9 Å². The number of anilines is 4. The van der Waals surface area contributed by atoms with Gasteiger partial charge >= 0.3 is 0 Å². The first-order valence-corrected chi connectivity index (χ1v) is 8.49. The summed E-state index contributed by atoms with van der Waals surface area (Å²) in [6.07, 6.45) is 2.07. The van der Waals surface area contributed by atoms with Crippen LogP contribution in [0.25, 0.3) is 0 Å². The van der Waals surface area contributed by atoms with Crippen molar-refractivity contribution < 1.29 is 9.13 Å². The molecule has 9 heteroatoms. The average molecular weight is 361 g/mol. The molecule has 0 radical (unpaired) electrons. The predicted molar refractivity (Wildman–Crippen MR) is 99.4 cm³/mol. The summed E-state index contributed by atoms with van der Waals surface area (Å²) in [7, 11) is 5.50. The Morgan fingerprint density at radius 2 is 2.00 bits per heavy atom. The van der Waals surface area contributed by atoms with E-state index in [1.807, 2.05) is 11.9 Å². The molecule has 0 spiro atoms. The van der Waals surface area contributed by atoms with Crippen LogP contribution in [0, 0.1) is 5.82 Å². The van der Waals surface area contributed by atoms with Gasteiger partial charge in [-0.1, -0.05) is 0 Å². The highest BCUT2D eigenvalue weighted by Crippen LogP contribution is 2.24. The van der Waals surface area contributed by atoms with E-state index in [9.17, 15) is 4.39 Å². The van der Waals surface area contributed by atoms with Gasteiger partial charge < -0.3 is 25.6 Å². The van der Waals surface area contributed by atoms with E-state index in [-0.39, 0.29) is 17.6 Å². The average Bonchev–Trinajstić information content (AvgIpc) is 2.61. The van der Waals surface area contributed by atoms with Gasteiger partial charge in [-0.2, -0.15) is 15.0 Å². The lowest BCUT2D eigenvalue weighted by molar-refractivity contribution is 0.252. The third kappa shape index (κ3) is 4.10. The van der Waals surface area contributed by atoms with E-state index in [0.29, 0.717) is 17.7 Å². The summed E-state index contributed by atoms with van der Waals surface area (Å²) >= 11 is 0. The number of likely N-dealkylation sites (tertiary alicyclic amines) is 1. The van der Waals surface area contributed by atoms with Crippen LogP contribution in [-0.4, -0.2) is 60.2 Å². The number of piperidine rings is 1. The highest BCUT2D eigenvalue weighted by atomic mass is 19.1. The zero-order chi connectivity index (χ0) is 18.7. The SMILES string of the molecule is COc1ccc(Nc2nc(N)nc(N(C)C3CCN(C)CC3)n2)cc1F. The molecule has 26 heavy (non-hydrogen) atoms. The lowest BCUT2D eigenvalue weighted by Gasteiger charge is -2.35. The van der Waals surface area contributed by atoms with Crippen molar-refractivity contribution in [3.8, 4) is 5.75 Å². The summed E-state index contributed by atoms with van der Waals surface area (Å²) in [5.74, 6) is 0.600. The van der Waals surface area contributed by atoms with Gasteiger partial charge in [0.1, 0.15) is 0 Å². The number of ether oxygens (including phenoxy) is 1. The van der Waals surface area contributed by atoms with Crippen LogP contribution in [0.1, 0.15) is 12.8 Å². The number of benzene rings is 1. The highest BCUT2D eigenvalue weighted by molar-refractivity contribution is 5.57. The maximum atomic E-state index is 13.9. The molecule has 8 nitrogen and oxygen atoms in total. The Bertz CT molecular complexity index is 765. The zero-order valence-electron chi connectivity index (χ0n) is 15.2. The Morgan fingerprint density at radius 3 is 2.65 bits per heavy atom. The normalized spacial score (nSPS) is 15.7. The molecule has 0 atom stereocenters. The number of aromatic nitrogens is 3. The maximum absolute atomic E-state index is 13.9. The van der Waals surface area contributed by atoms with Crippen molar-refractivity contribution in [2.75, 3.05) is 50.2 Å². The topological polar surface area (TPSA) is 92.4 Å². The minimum atomic E-state index is -0.469. The van der Waals surface area contributed by atoms with E-state index in [2.05, 4.69) is 32.2 Å². The van der Waals surface area contributed by atoms with E-state index >= 15 is 0 Å². The summed E-state index contributed by atoms with van der Waals surface area (Å²) in [6, 6.07) is 4.88. The van der Waals surface area contributed by atoms with Crippen LogP contribution >= 0.6 is 0 Å². The van der Waals surface area contributed by atoms with Gasteiger partial charge in [-0.05, 0) is 45.1 Å². The van der Waals surface area contributed by atoms with Gasteiger partial charge in [0.2, 0.25) is 17.8 Å². The van der Waals surface area contributed by atoms with Gasteiger partial charge in [-0.25, -0.2) is 4.39 Å². The van der Waals surface area contributed by atoms with Crippen LogP contribution in [0.4, 0.5) is 27.9 Å². The molecule has 0 saturated carbocycles. The first kappa shape index (κ1) is 18.1. The molecular formula is C17H24FN7O. The van der Waals surface area contributed by atoms with Gasteiger partial charge in [0.25, 0.3) is 0 Å². The minimum Gasteiger partial charge on any atom is -0.494 e. The monoisotopic (exact) mass is 361 g/mol. The second-order valence-electron chi connectivity index (χ2n) is 6.44. The number of rotatable bonds is 5. The lowest BCUT2D eigenvalue weighted by atomic mass is 10.0. The Hall–Kier alpha value is -2.68. The third-order valence-electron chi connectivity index (χ3n) is 4.60. The first-order valence-electron chi connectivity index (χ1n) is 8.49. The molecule has 1 aliphatic rings.